The van der Waals surface area contributed by atoms with E-state index in [0.717, 1.165) is 22.7 Å². The molecule has 13 nitrogen and oxygen atoms in total. The molecule has 2 heterocycles. The van der Waals surface area contributed by atoms with Crippen LogP contribution < -0.4 is 10.1 Å². The Kier molecular flexibility index (Phi) is 11.1. The van der Waals surface area contributed by atoms with Crippen molar-refractivity contribution in [3.8, 4) is 0 Å². The Balaban J connectivity index is 1.84. The maximum atomic E-state index is 12.8. The predicted octanol–water partition coefficient (Wildman–Crippen LogP) is 2.88. The lowest BCUT2D eigenvalue weighted by Crippen LogP contribution is -2.28. The van der Waals surface area contributed by atoms with Crippen LogP contribution in [0.5, 0.6) is 0 Å². The molecule has 1 aromatic carbocycles. The number of rotatable bonds is 12. The van der Waals surface area contributed by atoms with E-state index in [0.29, 0.717) is 10.2 Å². The summed E-state index contributed by atoms with van der Waals surface area (Å²) in [6.45, 7) is 8.70. The molecule has 0 saturated heterocycles. The summed E-state index contributed by atoms with van der Waals surface area (Å²) in [4.78, 5) is 66.4. The van der Waals surface area contributed by atoms with Crippen molar-refractivity contribution in [3.05, 3.63) is 57.2 Å². The number of thiophene rings is 1. The molecule has 2 amide bonds. The summed E-state index contributed by atoms with van der Waals surface area (Å²) in [7, 11) is -3.06. The second-order valence-corrected chi connectivity index (χ2v) is 12.8. The number of anilines is 1. The standard InChI is InChI=1S/C27H29N3O10S3/c1-6-11-30-17-10-9-16(24(33)38-5)12-18(17)41-27(30)29-20(32)14-43(36,37)13-19(31)28-23-21(25(34)39-7-2)15(4)22(42-23)26(35)40-8-3/h6,9-10,12H,1,7-8,11,13-14H2,2-5H3,(H,28,31). The van der Waals surface area contributed by atoms with E-state index in [1.165, 1.54) is 14.0 Å². The lowest BCUT2D eigenvalue weighted by atomic mass is 10.1. The van der Waals surface area contributed by atoms with Crippen molar-refractivity contribution in [2.24, 2.45) is 4.99 Å². The minimum atomic E-state index is -4.31. The van der Waals surface area contributed by atoms with Crippen molar-refractivity contribution in [2.45, 2.75) is 27.3 Å². The van der Waals surface area contributed by atoms with E-state index in [-0.39, 0.29) is 51.1 Å². The summed E-state index contributed by atoms with van der Waals surface area (Å²) in [5.41, 5.74) is 1.04. The van der Waals surface area contributed by atoms with E-state index < -0.39 is 51.1 Å². The first-order valence-electron chi connectivity index (χ1n) is 12.7. The van der Waals surface area contributed by atoms with Gasteiger partial charge in [-0.2, -0.15) is 4.99 Å². The molecule has 0 radical (unpaired) electrons. The molecule has 0 unspecified atom stereocenters. The first-order valence-corrected chi connectivity index (χ1v) is 16.2. The van der Waals surface area contributed by atoms with Gasteiger partial charge in [-0.1, -0.05) is 17.4 Å². The van der Waals surface area contributed by atoms with Crippen LogP contribution in [0.1, 0.15) is 49.8 Å². The highest BCUT2D eigenvalue weighted by Gasteiger charge is 2.29. The molecule has 230 valence electrons. The Labute approximate surface area is 254 Å². The number of fused-ring (bicyclic) bond motifs is 1. The first-order chi connectivity index (χ1) is 20.3. The number of sulfone groups is 1. The molecule has 3 aromatic rings. The maximum Gasteiger partial charge on any atom is 0.348 e. The number of benzene rings is 1. The van der Waals surface area contributed by atoms with Crippen LogP contribution in [0.3, 0.4) is 0 Å². The molecule has 0 aliphatic heterocycles. The summed E-state index contributed by atoms with van der Waals surface area (Å²) in [6, 6.07) is 4.77. The van der Waals surface area contributed by atoms with Crippen molar-refractivity contribution in [1.29, 1.82) is 0 Å². The number of allylic oxidation sites excluding steroid dienone is 1. The van der Waals surface area contributed by atoms with E-state index in [4.69, 9.17) is 14.2 Å². The average Bonchev–Trinajstić information content (AvgIpc) is 3.43. The zero-order valence-electron chi connectivity index (χ0n) is 23.8. The number of carbonyl (C=O) groups excluding carboxylic acids is 5. The molecule has 43 heavy (non-hydrogen) atoms. The Bertz CT molecular complexity index is 1780. The molecule has 0 fully saturated rings. The highest BCUT2D eigenvalue weighted by atomic mass is 32.2. The number of amides is 2. The minimum Gasteiger partial charge on any atom is -0.465 e. The van der Waals surface area contributed by atoms with Crippen LogP contribution in [0.25, 0.3) is 10.2 Å². The molecule has 16 heteroatoms. The number of carbonyl (C=O) groups is 5. The number of hydrogen-bond acceptors (Lipinski definition) is 12. The molecule has 0 saturated carbocycles. The van der Waals surface area contributed by atoms with Gasteiger partial charge in [-0.25, -0.2) is 22.8 Å². The van der Waals surface area contributed by atoms with Gasteiger partial charge in [0.15, 0.2) is 14.6 Å². The molecule has 0 atom stereocenters. The fourth-order valence-corrected chi connectivity index (χ4v) is 7.11. The Hall–Kier alpha value is -4.15. The van der Waals surface area contributed by atoms with Gasteiger partial charge >= 0.3 is 17.9 Å². The number of thiazole rings is 1. The third-order valence-corrected chi connectivity index (χ3v) is 9.29. The molecular formula is C27H29N3O10S3. The molecule has 0 bridgehead atoms. The van der Waals surface area contributed by atoms with Gasteiger partial charge in [0.1, 0.15) is 21.4 Å². The maximum absolute atomic E-state index is 12.8. The molecular weight excluding hydrogens is 623 g/mol. The van der Waals surface area contributed by atoms with Crippen LogP contribution in [0.4, 0.5) is 5.00 Å². The smallest absolute Gasteiger partial charge is 0.348 e. The zero-order valence-corrected chi connectivity index (χ0v) is 26.2. The number of hydrogen-bond donors (Lipinski definition) is 1. The topological polar surface area (TPSA) is 176 Å². The molecule has 1 N–H and O–H groups in total. The van der Waals surface area contributed by atoms with E-state index in [1.54, 1.807) is 42.7 Å². The third kappa shape index (κ3) is 8.03. The monoisotopic (exact) mass is 651 g/mol. The molecule has 0 aliphatic rings. The van der Waals surface area contributed by atoms with E-state index in [1.807, 2.05) is 0 Å². The predicted molar refractivity (Wildman–Crippen MR) is 160 cm³/mol. The quantitative estimate of drug-likeness (QED) is 0.174. The van der Waals surface area contributed by atoms with Crippen molar-refractivity contribution in [1.82, 2.24) is 4.57 Å². The summed E-state index contributed by atoms with van der Waals surface area (Å²) in [5.74, 6) is -6.29. The van der Waals surface area contributed by atoms with Crippen molar-refractivity contribution in [3.63, 3.8) is 0 Å². The first kappa shape index (κ1) is 33.4. The summed E-state index contributed by atoms with van der Waals surface area (Å²) in [5, 5.41) is 2.26. The highest BCUT2D eigenvalue weighted by Crippen LogP contribution is 2.34. The van der Waals surface area contributed by atoms with E-state index >= 15 is 0 Å². The number of ether oxygens (including phenoxy) is 3. The number of nitrogens with zero attached hydrogens (tertiary/aromatic N) is 2. The molecule has 0 aliphatic carbocycles. The minimum absolute atomic E-state index is 0.0231. The second-order valence-electron chi connectivity index (χ2n) is 8.75. The highest BCUT2D eigenvalue weighted by molar-refractivity contribution is 7.92. The Morgan fingerprint density at radius 2 is 1.70 bits per heavy atom. The van der Waals surface area contributed by atoms with Gasteiger partial charge in [0.05, 0.1) is 41.7 Å². The number of esters is 3. The normalized spacial score (nSPS) is 11.7. The number of methoxy groups -OCH3 is 1. The van der Waals surface area contributed by atoms with E-state index in [2.05, 4.69) is 16.9 Å². The van der Waals surface area contributed by atoms with Crippen molar-refractivity contribution >= 4 is 77.5 Å². The van der Waals surface area contributed by atoms with Gasteiger partial charge in [-0.15, -0.1) is 17.9 Å². The molecule has 2 aromatic heterocycles. The summed E-state index contributed by atoms with van der Waals surface area (Å²) in [6.07, 6.45) is 1.56. The third-order valence-electron chi connectivity index (χ3n) is 5.67. The van der Waals surface area contributed by atoms with Gasteiger partial charge < -0.3 is 24.1 Å². The lowest BCUT2D eigenvalue weighted by molar-refractivity contribution is -0.115. The van der Waals surface area contributed by atoms with Crippen LogP contribution >= 0.6 is 22.7 Å². The Morgan fingerprint density at radius 1 is 1.02 bits per heavy atom. The fourth-order valence-electron chi connectivity index (χ4n) is 3.89. The summed E-state index contributed by atoms with van der Waals surface area (Å²) < 4.78 is 42.5. The van der Waals surface area contributed by atoms with Crippen LogP contribution in [-0.2, 0) is 40.2 Å². The SMILES string of the molecule is C=CCn1c(=NC(=O)CS(=O)(=O)CC(=O)Nc2sc(C(=O)OCC)c(C)c2C(=O)OCC)sc2cc(C(=O)OC)ccc21. The van der Waals surface area contributed by atoms with Gasteiger partial charge in [-0.05, 0) is 44.5 Å². The largest absolute Gasteiger partial charge is 0.465 e. The number of nitrogens with one attached hydrogen (secondary N) is 1. The van der Waals surface area contributed by atoms with Gasteiger partial charge in [0.25, 0.3) is 5.91 Å². The van der Waals surface area contributed by atoms with Crippen LogP contribution in [-0.4, -0.2) is 74.5 Å². The van der Waals surface area contributed by atoms with Crippen molar-refractivity contribution < 1.29 is 46.6 Å². The summed E-state index contributed by atoms with van der Waals surface area (Å²) >= 11 is 1.80. The fraction of sp³-hybridized carbons (Fsp3) is 0.333. The average molecular weight is 652 g/mol. The second kappa shape index (κ2) is 14.3. The van der Waals surface area contributed by atoms with Crippen LogP contribution in [0.15, 0.2) is 35.8 Å². The Morgan fingerprint density at radius 3 is 2.33 bits per heavy atom. The lowest BCUT2D eigenvalue weighted by Gasteiger charge is -2.07. The van der Waals surface area contributed by atoms with Crippen LogP contribution in [0, 0.1) is 6.92 Å². The van der Waals surface area contributed by atoms with Gasteiger partial charge in [0.2, 0.25) is 5.91 Å². The molecule has 3 rings (SSSR count). The number of aromatic nitrogens is 1. The zero-order chi connectivity index (χ0) is 31.9. The van der Waals surface area contributed by atoms with Crippen molar-refractivity contribution in [2.75, 3.05) is 37.1 Å². The van der Waals surface area contributed by atoms with Gasteiger partial charge in [0, 0.05) is 6.54 Å². The van der Waals surface area contributed by atoms with Crippen LogP contribution in [0.2, 0.25) is 0 Å². The molecule has 0 spiro atoms. The van der Waals surface area contributed by atoms with E-state index in [9.17, 15) is 32.4 Å². The van der Waals surface area contributed by atoms with Gasteiger partial charge in [-0.3, -0.25) is 9.59 Å².